The summed E-state index contributed by atoms with van der Waals surface area (Å²) < 4.78 is 0.0608. The molecule has 7 heteroatoms. The van der Waals surface area contributed by atoms with Crippen molar-refractivity contribution in [3.8, 4) is 5.88 Å². The van der Waals surface area contributed by atoms with E-state index < -0.39 is 5.56 Å². The van der Waals surface area contributed by atoms with Gasteiger partial charge in [-0.15, -0.1) is 0 Å². The number of para-hydroxylation sites is 1. The van der Waals surface area contributed by atoms with Gasteiger partial charge in [0.25, 0.3) is 5.56 Å². The van der Waals surface area contributed by atoms with Crippen LogP contribution >= 0.6 is 12.2 Å². The molecule has 0 aliphatic rings. The second kappa shape index (κ2) is 5.28. The van der Waals surface area contributed by atoms with Crippen LogP contribution in [0.1, 0.15) is 5.56 Å². The van der Waals surface area contributed by atoms with E-state index in [1.165, 1.54) is 6.21 Å². The van der Waals surface area contributed by atoms with Crippen LogP contribution in [0.3, 0.4) is 0 Å². The van der Waals surface area contributed by atoms with Crippen molar-refractivity contribution in [2.75, 3.05) is 5.43 Å². The van der Waals surface area contributed by atoms with Crippen LogP contribution in [-0.2, 0) is 0 Å². The molecule has 0 unspecified atom stereocenters. The first-order valence-electron chi connectivity index (χ1n) is 5.06. The molecule has 0 amide bonds. The van der Waals surface area contributed by atoms with E-state index in [1.54, 1.807) is 0 Å². The summed E-state index contributed by atoms with van der Waals surface area (Å²) in [4.78, 5) is 16.3. The van der Waals surface area contributed by atoms with E-state index in [2.05, 4.69) is 20.5 Å². The summed E-state index contributed by atoms with van der Waals surface area (Å²) in [5.41, 5.74) is 3.00. The van der Waals surface area contributed by atoms with Gasteiger partial charge in [-0.25, -0.2) is 0 Å². The highest BCUT2D eigenvalue weighted by atomic mass is 32.1. The van der Waals surface area contributed by atoms with E-state index in [4.69, 9.17) is 12.2 Å². The molecule has 0 radical (unpaired) electrons. The number of aromatic hydroxyl groups is 1. The van der Waals surface area contributed by atoms with E-state index >= 15 is 0 Å². The number of rotatable bonds is 3. The summed E-state index contributed by atoms with van der Waals surface area (Å²) in [7, 11) is 0. The normalized spacial score (nSPS) is 10.7. The van der Waals surface area contributed by atoms with Gasteiger partial charge in [-0.1, -0.05) is 18.2 Å². The summed E-state index contributed by atoms with van der Waals surface area (Å²) in [5, 5.41) is 13.4. The summed E-state index contributed by atoms with van der Waals surface area (Å²) in [6, 6.07) is 9.21. The zero-order valence-electron chi connectivity index (χ0n) is 9.18. The van der Waals surface area contributed by atoms with E-state index in [0.717, 1.165) is 5.69 Å². The molecule has 1 aromatic heterocycles. The molecule has 92 valence electrons. The Labute approximate surface area is 107 Å². The minimum atomic E-state index is -0.505. The van der Waals surface area contributed by atoms with Gasteiger partial charge in [-0.05, 0) is 24.4 Å². The van der Waals surface area contributed by atoms with Crippen LogP contribution in [0.2, 0.25) is 0 Å². The molecular weight excluding hydrogens is 252 g/mol. The molecule has 0 bridgehead atoms. The third-order valence-electron chi connectivity index (χ3n) is 2.12. The number of hydrogen-bond acceptors (Lipinski definition) is 5. The zero-order valence-corrected chi connectivity index (χ0v) is 9.99. The SMILES string of the molecule is O=c1[nH]c(=S)[nH]c(O)c1/C=N\Nc1ccccc1. The zero-order chi connectivity index (χ0) is 13.0. The lowest BCUT2D eigenvalue weighted by molar-refractivity contribution is 0.449. The predicted octanol–water partition coefficient (Wildman–Crippen LogP) is 1.58. The fourth-order valence-electron chi connectivity index (χ4n) is 1.29. The maximum atomic E-state index is 11.5. The van der Waals surface area contributed by atoms with Crippen molar-refractivity contribution < 1.29 is 5.11 Å². The molecule has 1 aromatic carbocycles. The van der Waals surface area contributed by atoms with Gasteiger partial charge in [0.15, 0.2) is 4.77 Å². The number of aromatic amines is 2. The molecule has 0 fully saturated rings. The Balaban J connectivity index is 2.20. The minimum absolute atomic E-state index is 0.00651. The number of nitrogens with zero attached hydrogens (tertiary/aromatic N) is 1. The monoisotopic (exact) mass is 262 g/mol. The first-order chi connectivity index (χ1) is 8.66. The minimum Gasteiger partial charge on any atom is -0.494 e. The molecule has 18 heavy (non-hydrogen) atoms. The lowest BCUT2D eigenvalue weighted by Crippen LogP contribution is -2.14. The van der Waals surface area contributed by atoms with Crippen molar-refractivity contribution in [1.82, 2.24) is 9.97 Å². The van der Waals surface area contributed by atoms with Crippen molar-refractivity contribution in [2.24, 2.45) is 5.10 Å². The highest BCUT2D eigenvalue weighted by molar-refractivity contribution is 7.71. The summed E-state index contributed by atoms with van der Waals surface area (Å²) in [6.07, 6.45) is 1.21. The van der Waals surface area contributed by atoms with Crippen LogP contribution in [0.15, 0.2) is 40.2 Å². The molecule has 4 N–H and O–H groups in total. The molecule has 0 atom stereocenters. The summed E-state index contributed by atoms with van der Waals surface area (Å²) in [6.45, 7) is 0. The number of aromatic nitrogens is 2. The Morgan fingerprint density at radius 2 is 2.00 bits per heavy atom. The molecule has 2 rings (SSSR count). The number of H-pyrrole nitrogens is 2. The standard InChI is InChI=1S/C11H10N4O2S/c16-9-8(10(17)14-11(18)13-9)6-12-15-7-4-2-1-3-5-7/h1-6,15H,(H3,13,14,16,17,18)/b12-6-. The van der Waals surface area contributed by atoms with Gasteiger partial charge in [0.2, 0.25) is 5.88 Å². The van der Waals surface area contributed by atoms with Gasteiger partial charge >= 0.3 is 0 Å². The molecule has 0 aliphatic carbocycles. The van der Waals surface area contributed by atoms with E-state index in [9.17, 15) is 9.90 Å². The Hall–Kier alpha value is -2.41. The summed E-state index contributed by atoms with van der Waals surface area (Å²) in [5.74, 6) is -0.317. The molecule has 0 spiro atoms. The molecule has 6 nitrogen and oxygen atoms in total. The van der Waals surface area contributed by atoms with Gasteiger partial charge in [0.1, 0.15) is 5.56 Å². The van der Waals surface area contributed by atoms with Gasteiger partial charge in [-0.3, -0.25) is 15.2 Å². The Bertz CT molecular complexity index is 675. The fraction of sp³-hybridized carbons (Fsp3) is 0. The first kappa shape index (κ1) is 12.1. The third-order valence-corrected chi connectivity index (χ3v) is 2.32. The Morgan fingerprint density at radius 1 is 1.28 bits per heavy atom. The van der Waals surface area contributed by atoms with Crippen molar-refractivity contribution in [1.29, 1.82) is 0 Å². The third kappa shape index (κ3) is 2.83. The number of nitrogens with one attached hydrogen (secondary N) is 3. The Kier molecular flexibility index (Phi) is 3.54. The van der Waals surface area contributed by atoms with Crippen LogP contribution in [0.5, 0.6) is 5.88 Å². The molecular formula is C11H10N4O2S. The molecule has 2 aromatic rings. The summed E-state index contributed by atoms with van der Waals surface area (Å²) >= 11 is 4.70. The van der Waals surface area contributed by atoms with Crippen LogP contribution in [0.25, 0.3) is 0 Å². The number of anilines is 1. The maximum absolute atomic E-state index is 11.5. The fourth-order valence-corrected chi connectivity index (χ4v) is 1.48. The van der Waals surface area contributed by atoms with Gasteiger partial charge in [0, 0.05) is 0 Å². The molecule has 1 heterocycles. The Morgan fingerprint density at radius 3 is 2.67 bits per heavy atom. The van der Waals surface area contributed by atoms with E-state index in [-0.39, 0.29) is 16.2 Å². The molecule has 0 saturated carbocycles. The van der Waals surface area contributed by atoms with Gasteiger partial charge in [-0.2, -0.15) is 5.10 Å². The number of hydrazone groups is 1. The van der Waals surface area contributed by atoms with Crippen molar-refractivity contribution in [2.45, 2.75) is 0 Å². The van der Waals surface area contributed by atoms with Crippen LogP contribution in [0.4, 0.5) is 5.69 Å². The number of hydrogen-bond donors (Lipinski definition) is 4. The topological polar surface area (TPSA) is 93.3 Å². The van der Waals surface area contributed by atoms with Gasteiger partial charge in [0.05, 0.1) is 11.9 Å². The predicted molar refractivity (Wildman–Crippen MR) is 71.6 cm³/mol. The highest BCUT2D eigenvalue weighted by Gasteiger charge is 2.03. The van der Waals surface area contributed by atoms with Gasteiger partial charge < -0.3 is 10.1 Å². The smallest absolute Gasteiger partial charge is 0.264 e. The second-order valence-electron chi connectivity index (χ2n) is 3.41. The van der Waals surface area contributed by atoms with Crippen molar-refractivity contribution >= 4 is 24.1 Å². The highest BCUT2D eigenvalue weighted by Crippen LogP contribution is 2.06. The van der Waals surface area contributed by atoms with E-state index in [0.29, 0.717) is 0 Å². The maximum Gasteiger partial charge on any atom is 0.264 e. The van der Waals surface area contributed by atoms with Crippen LogP contribution < -0.4 is 11.0 Å². The average Bonchev–Trinajstić information content (AvgIpc) is 2.34. The van der Waals surface area contributed by atoms with E-state index in [1.807, 2.05) is 30.3 Å². The van der Waals surface area contributed by atoms with Crippen LogP contribution in [-0.4, -0.2) is 21.3 Å². The van der Waals surface area contributed by atoms with Crippen LogP contribution in [0, 0.1) is 4.77 Å². The van der Waals surface area contributed by atoms with Crippen molar-refractivity contribution in [3.63, 3.8) is 0 Å². The lowest BCUT2D eigenvalue weighted by Gasteiger charge is -1.99. The van der Waals surface area contributed by atoms with Crippen molar-refractivity contribution in [3.05, 3.63) is 51.0 Å². The molecule has 0 saturated heterocycles. The first-order valence-corrected chi connectivity index (χ1v) is 5.47. The largest absolute Gasteiger partial charge is 0.494 e. The average molecular weight is 262 g/mol. The number of benzene rings is 1. The molecule has 0 aliphatic heterocycles. The lowest BCUT2D eigenvalue weighted by atomic mass is 10.3. The quantitative estimate of drug-likeness (QED) is 0.384. The second-order valence-corrected chi connectivity index (χ2v) is 3.81.